The van der Waals surface area contributed by atoms with E-state index < -0.39 is 0 Å². The minimum Gasteiger partial charge on any atom is -0.354 e. The number of halogens is 2. The van der Waals surface area contributed by atoms with Crippen LogP contribution < -0.4 is 10.6 Å². The summed E-state index contributed by atoms with van der Waals surface area (Å²) in [6, 6.07) is 10.5. The third kappa shape index (κ3) is 6.13. The Kier molecular flexibility index (Phi) is 10.4. The zero-order valence-corrected chi connectivity index (χ0v) is 14.9. The van der Waals surface area contributed by atoms with E-state index in [1.165, 1.54) is 5.56 Å². The van der Waals surface area contributed by atoms with Gasteiger partial charge < -0.3 is 15.5 Å². The van der Waals surface area contributed by atoms with Gasteiger partial charge in [-0.1, -0.05) is 30.3 Å². The number of carbonyl (C=O) groups is 1. The van der Waals surface area contributed by atoms with Crippen molar-refractivity contribution >= 4 is 30.7 Å². The molecule has 1 saturated heterocycles. The minimum atomic E-state index is 0. The molecule has 1 unspecified atom stereocenters. The van der Waals surface area contributed by atoms with Gasteiger partial charge in [0.1, 0.15) is 0 Å². The summed E-state index contributed by atoms with van der Waals surface area (Å²) in [5.74, 6) is 0.308. The van der Waals surface area contributed by atoms with Crippen LogP contribution in [0.5, 0.6) is 0 Å². The second-order valence-electron chi connectivity index (χ2n) is 5.68. The minimum absolute atomic E-state index is 0. The molecular weight excluding hydrogens is 321 g/mol. The van der Waals surface area contributed by atoms with Gasteiger partial charge in [0.15, 0.2) is 0 Å². The van der Waals surface area contributed by atoms with E-state index in [9.17, 15) is 4.79 Å². The maximum Gasteiger partial charge on any atom is 0.224 e. The summed E-state index contributed by atoms with van der Waals surface area (Å²) < 4.78 is 0. The van der Waals surface area contributed by atoms with E-state index in [0.717, 1.165) is 25.9 Å². The summed E-state index contributed by atoms with van der Waals surface area (Å²) >= 11 is 0. The third-order valence-corrected chi connectivity index (χ3v) is 3.95. The molecule has 126 valence electrons. The van der Waals surface area contributed by atoms with Crippen LogP contribution in [0.15, 0.2) is 30.3 Å². The molecule has 2 N–H and O–H groups in total. The van der Waals surface area contributed by atoms with Crippen LogP contribution in [0.25, 0.3) is 0 Å². The largest absolute Gasteiger partial charge is 0.354 e. The second-order valence-corrected chi connectivity index (χ2v) is 5.68. The number of nitrogens with zero attached hydrogens (tertiary/aromatic N) is 1. The molecule has 1 amide bonds. The Bertz CT molecular complexity index is 423. The van der Waals surface area contributed by atoms with Crippen LogP contribution in [-0.4, -0.2) is 44.5 Å². The molecule has 4 nitrogen and oxygen atoms in total. The molecule has 0 radical (unpaired) electrons. The van der Waals surface area contributed by atoms with Crippen molar-refractivity contribution in [2.45, 2.75) is 18.9 Å². The van der Waals surface area contributed by atoms with Crippen molar-refractivity contribution in [1.82, 2.24) is 15.5 Å². The van der Waals surface area contributed by atoms with Crippen LogP contribution in [-0.2, 0) is 4.79 Å². The lowest BCUT2D eigenvalue weighted by atomic mass is 9.98. The highest BCUT2D eigenvalue weighted by molar-refractivity contribution is 5.85. The van der Waals surface area contributed by atoms with E-state index in [1.54, 1.807) is 0 Å². The van der Waals surface area contributed by atoms with E-state index in [1.807, 2.05) is 32.3 Å². The van der Waals surface area contributed by atoms with E-state index in [0.29, 0.717) is 6.54 Å². The Hall–Kier alpha value is -0.810. The molecule has 0 saturated carbocycles. The predicted octanol–water partition coefficient (Wildman–Crippen LogP) is 2.25. The Morgan fingerprint density at radius 1 is 1.32 bits per heavy atom. The average Bonchev–Trinajstić information content (AvgIpc) is 2.49. The topological polar surface area (TPSA) is 44.4 Å². The van der Waals surface area contributed by atoms with Gasteiger partial charge in [0.2, 0.25) is 5.91 Å². The molecule has 1 aromatic carbocycles. The second kappa shape index (κ2) is 10.8. The van der Waals surface area contributed by atoms with Crippen LogP contribution in [0.2, 0.25) is 0 Å². The van der Waals surface area contributed by atoms with Crippen molar-refractivity contribution < 1.29 is 4.79 Å². The molecule has 1 fully saturated rings. The average molecular weight is 348 g/mol. The predicted molar refractivity (Wildman–Crippen MR) is 96.0 cm³/mol. The zero-order valence-electron chi connectivity index (χ0n) is 13.2. The molecule has 6 heteroatoms. The monoisotopic (exact) mass is 347 g/mol. The molecule has 1 aliphatic heterocycles. The van der Waals surface area contributed by atoms with Gasteiger partial charge >= 0.3 is 0 Å². The Balaban J connectivity index is 0.00000220. The first kappa shape index (κ1) is 21.2. The van der Waals surface area contributed by atoms with Gasteiger partial charge in [-0.15, -0.1) is 24.8 Å². The van der Waals surface area contributed by atoms with Crippen LogP contribution in [0, 0.1) is 5.92 Å². The Morgan fingerprint density at radius 2 is 2.00 bits per heavy atom. The van der Waals surface area contributed by atoms with Crippen molar-refractivity contribution in [2.24, 2.45) is 5.92 Å². The molecular formula is C16H27Cl2N3O. The maximum atomic E-state index is 12.2. The van der Waals surface area contributed by atoms with Crippen molar-refractivity contribution in [2.75, 3.05) is 33.7 Å². The molecule has 0 bridgehead atoms. The molecule has 0 spiro atoms. The van der Waals surface area contributed by atoms with E-state index in [4.69, 9.17) is 0 Å². The molecule has 22 heavy (non-hydrogen) atoms. The number of hydrogen-bond donors (Lipinski definition) is 2. The lowest BCUT2D eigenvalue weighted by Gasteiger charge is -2.27. The van der Waals surface area contributed by atoms with Crippen LogP contribution >= 0.6 is 24.8 Å². The number of hydrogen-bond acceptors (Lipinski definition) is 3. The summed E-state index contributed by atoms with van der Waals surface area (Å²) in [7, 11) is 4.10. The normalized spacial score (nSPS) is 18.8. The fourth-order valence-electron chi connectivity index (χ4n) is 2.69. The van der Waals surface area contributed by atoms with Gasteiger partial charge in [-0.3, -0.25) is 4.79 Å². The van der Waals surface area contributed by atoms with Crippen molar-refractivity contribution in [3.8, 4) is 0 Å². The fourth-order valence-corrected chi connectivity index (χ4v) is 2.69. The molecule has 0 aliphatic carbocycles. The van der Waals surface area contributed by atoms with Gasteiger partial charge in [0.05, 0.1) is 12.0 Å². The standard InChI is InChI=1S/C16H25N3O.2ClH/c1-19(2)15(13-7-4-3-5-8-13)12-18-16(20)14-9-6-10-17-11-14;;/h3-5,7-8,14-15,17H,6,9-12H2,1-2H3,(H,18,20);2*1H/t14-,15?;;/m1../s1. The first-order valence-corrected chi connectivity index (χ1v) is 7.38. The zero-order chi connectivity index (χ0) is 14.4. The fraction of sp³-hybridized carbons (Fsp3) is 0.562. The molecule has 1 aromatic rings. The Labute approximate surface area is 145 Å². The van der Waals surface area contributed by atoms with Gasteiger partial charge in [-0.25, -0.2) is 0 Å². The van der Waals surface area contributed by atoms with Gasteiger partial charge in [0, 0.05) is 13.1 Å². The number of nitrogens with one attached hydrogen (secondary N) is 2. The number of piperidine rings is 1. The van der Waals surface area contributed by atoms with Crippen molar-refractivity contribution in [1.29, 1.82) is 0 Å². The summed E-state index contributed by atoms with van der Waals surface area (Å²) in [5, 5.41) is 6.40. The van der Waals surface area contributed by atoms with Crippen LogP contribution in [0.3, 0.4) is 0 Å². The summed E-state index contributed by atoms with van der Waals surface area (Å²) in [5.41, 5.74) is 1.24. The van der Waals surface area contributed by atoms with E-state index >= 15 is 0 Å². The highest BCUT2D eigenvalue weighted by atomic mass is 35.5. The molecule has 0 aromatic heterocycles. The number of benzene rings is 1. The van der Waals surface area contributed by atoms with E-state index in [2.05, 4.69) is 27.7 Å². The Morgan fingerprint density at radius 3 is 2.55 bits per heavy atom. The van der Waals surface area contributed by atoms with Crippen LogP contribution in [0.1, 0.15) is 24.4 Å². The number of rotatable bonds is 5. The first-order valence-electron chi connectivity index (χ1n) is 7.38. The molecule has 1 aliphatic rings. The SMILES string of the molecule is CN(C)C(CNC(=O)[C@@H]1CCCNC1)c1ccccc1.Cl.Cl. The smallest absolute Gasteiger partial charge is 0.224 e. The van der Waals surface area contributed by atoms with Crippen molar-refractivity contribution in [3.63, 3.8) is 0 Å². The summed E-state index contributed by atoms with van der Waals surface area (Å²) in [6.07, 6.45) is 2.09. The molecule has 2 rings (SSSR count). The maximum absolute atomic E-state index is 12.2. The molecule has 1 heterocycles. The first-order chi connectivity index (χ1) is 9.68. The van der Waals surface area contributed by atoms with Crippen molar-refractivity contribution in [3.05, 3.63) is 35.9 Å². The number of amides is 1. The summed E-state index contributed by atoms with van der Waals surface area (Å²) in [4.78, 5) is 14.3. The van der Waals surface area contributed by atoms with Gasteiger partial charge in [0.25, 0.3) is 0 Å². The lowest BCUT2D eigenvalue weighted by molar-refractivity contribution is -0.125. The highest BCUT2D eigenvalue weighted by Crippen LogP contribution is 2.17. The van der Waals surface area contributed by atoms with Crippen LogP contribution in [0.4, 0.5) is 0 Å². The van der Waals surface area contributed by atoms with Gasteiger partial charge in [-0.05, 0) is 39.0 Å². The van der Waals surface area contributed by atoms with E-state index in [-0.39, 0.29) is 42.7 Å². The molecule has 2 atom stereocenters. The highest BCUT2D eigenvalue weighted by Gasteiger charge is 2.22. The number of likely N-dealkylation sites (N-methyl/N-ethyl adjacent to an activating group) is 1. The lowest BCUT2D eigenvalue weighted by Crippen LogP contribution is -2.43. The number of carbonyl (C=O) groups excluding carboxylic acids is 1. The quantitative estimate of drug-likeness (QED) is 0.858. The van der Waals surface area contributed by atoms with Gasteiger partial charge in [-0.2, -0.15) is 0 Å². The summed E-state index contributed by atoms with van der Waals surface area (Å²) in [6.45, 7) is 2.50. The third-order valence-electron chi connectivity index (χ3n) is 3.95.